The number of alkyl carbamates (subject to hydrolysis) is 1. The van der Waals surface area contributed by atoms with Crippen LogP contribution in [0, 0.1) is 0 Å². The average molecular weight is 313 g/mol. The summed E-state index contributed by atoms with van der Waals surface area (Å²) < 4.78 is 5.26. The number of amides is 1. The summed E-state index contributed by atoms with van der Waals surface area (Å²) in [5, 5.41) is 3.16. The van der Waals surface area contributed by atoms with Crippen molar-refractivity contribution < 1.29 is 9.53 Å². The molecule has 0 radical (unpaired) electrons. The number of hydrogen-bond donors (Lipinski definition) is 1. The van der Waals surface area contributed by atoms with Crippen LogP contribution in [0.2, 0.25) is 5.28 Å². The van der Waals surface area contributed by atoms with Gasteiger partial charge in [0.2, 0.25) is 5.28 Å². The van der Waals surface area contributed by atoms with Gasteiger partial charge in [0, 0.05) is 31.9 Å². The zero-order chi connectivity index (χ0) is 15.5. The fourth-order valence-corrected chi connectivity index (χ4v) is 2.42. The Morgan fingerprint density at radius 3 is 3.00 bits per heavy atom. The molecule has 1 amide bonds. The number of hydrogen-bond acceptors (Lipinski definition) is 5. The smallest absolute Gasteiger partial charge is 0.407 e. The third kappa shape index (κ3) is 5.47. The van der Waals surface area contributed by atoms with Gasteiger partial charge >= 0.3 is 6.09 Å². The van der Waals surface area contributed by atoms with Gasteiger partial charge in [-0.05, 0) is 44.9 Å². The molecule has 0 saturated carbocycles. The van der Waals surface area contributed by atoms with Crippen molar-refractivity contribution in [2.75, 3.05) is 13.1 Å². The lowest BCUT2D eigenvalue weighted by Crippen LogP contribution is -2.40. The van der Waals surface area contributed by atoms with Crippen LogP contribution in [0.4, 0.5) is 4.79 Å². The van der Waals surface area contributed by atoms with E-state index in [4.69, 9.17) is 16.3 Å². The van der Waals surface area contributed by atoms with Gasteiger partial charge in [-0.3, -0.25) is 4.90 Å². The van der Waals surface area contributed by atoms with Gasteiger partial charge in [0.05, 0.1) is 5.69 Å². The van der Waals surface area contributed by atoms with Crippen molar-refractivity contribution in [1.29, 1.82) is 0 Å². The van der Waals surface area contributed by atoms with Gasteiger partial charge in [-0.25, -0.2) is 14.8 Å². The van der Waals surface area contributed by atoms with Crippen molar-refractivity contribution >= 4 is 17.7 Å². The third-order valence-corrected chi connectivity index (χ3v) is 3.24. The van der Waals surface area contributed by atoms with E-state index in [-0.39, 0.29) is 17.4 Å². The van der Waals surface area contributed by atoms with Gasteiger partial charge in [0.25, 0.3) is 0 Å². The van der Waals surface area contributed by atoms with Gasteiger partial charge in [-0.15, -0.1) is 0 Å². The molecule has 1 saturated heterocycles. The molecule has 2 heterocycles. The summed E-state index contributed by atoms with van der Waals surface area (Å²) in [7, 11) is 0. The highest BCUT2D eigenvalue weighted by Gasteiger charge is 2.26. The van der Waals surface area contributed by atoms with E-state index >= 15 is 0 Å². The highest BCUT2D eigenvalue weighted by Crippen LogP contribution is 2.14. The van der Waals surface area contributed by atoms with Crippen molar-refractivity contribution in [3.63, 3.8) is 0 Å². The Kier molecular flexibility index (Phi) is 5.00. The van der Waals surface area contributed by atoms with Gasteiger partial charge in [-0.1, -0.05) is 0 Å². The number of carbonyl (C=O) groups is 1. The van der Waals surface area contributed by atoms with Crippen LogP contribution in [0.5, 0.6) is 0 Å². The Hall–Kier alpha value is -1.40. The van der Waals surface area contributed by atoms with Crippen LogP contribution >= 0.6 is 11.6 Å². The van der Waals surface area contributed by atoms with Crippen LogP contribution < -0.4 is 5.32 Å². The number of likely N-dealkylation sites (tertiary alicyclic amines) is 1. The minimum absolute atomic E-state index is 0.108. The lowest BCUT2D eigenvalue weighted by Gasteiger charge is -2.22. The number of aromatic nitrogens is 2. The van der Waals surface area contributed by atoms with E-state index in [0.29, 0.717) is 6.54 Å². The molecule has 0 aromatic carbocycles. The Bertz CT molecular complexity index is 504. The lowest BCUT2D eigenvalue weighted by molar-refractivity contribution is 0.0506. The zero-order valence-corrected chi connectivity index (χ0v) is 13.4. The first-order valence-corrected chi connectivity index (χ1v) is 7.39. The molecule has 6 nitrogen and oxygen atoms in total. The minimum Gasteiger partial charge on any atom is -0.444 e. The Morgan fingerprint density at radius 2 is 2.33 bits per heavy atom. The van der Waals surface area contributed by atoms with Crippen LogP contribution in [0.25, 0.3) is 0 Å². The fourth-order valence-electron chi connectivity index (χ4n) is 2.25. The molecule has 0 aliphatic carbocycles. The second-order valence-corrected chi connectivity index (χ2v) is 6.52. The largest absolute Gasteiger partial charge is 0.444 e. The maximum Gasteiger partial charge on any atom is 0.407 e. The molecule has 1 aliphatic rings. The van der Waals surface area contributed by atoms with Gasteiger partial charge in [-0.2, -0.15) is 0 Å². The molecule has 1 aromatic rings. The third-order valence-electron chi connectivity index (χ3n) is 3.06. The summed E-state index contributed by atoms with van der Waals surface area (Å²) in [6.45, 7) is 7.95. The summed E-state index contributed by atoms with van der Waals surface area (Å²) in [6, 6.07) is 1.96. The number of nitrogens with zero attached hydrogens (tertiary/aromatic N) is 3. The summed E-state index contributed by atoms with van der Waals surface area (Å²) in [5.41, 5.74) is 0.410. The number of nitrogens with one attached hydrogen (secondary N) is 1. The fraction of sp³-hybridized carbons (Fsp3) is 0.643. The zero-order valence-electron chi connectivity index (χ0n) is 12.6. The number of rotatable bonds is 3. The molecule has 1 aromatic heterocycles. The normalized spacial score (nSPS) is 19.5. The van der Waals surface area contributed by atoms with E-state index in [2.05, 4.69) is 20.2 Å². The average Bonchev–Trinajstić information content (AvgIpc) is 2.73. The van der Waals surface area contributed by atoms with Gasteiger partial charge < -0.3 is 10.1 Å². The van der Waals surface area contributed by atoms with E-state index in [1.807, 2.05) is 26.8 Å². The van der Waals surface area contributed by atoms with Crippen LogP contribution in [0.3, 0.4) is 0 Å². The summed E-state index contributed by atoms with van der Waals surface area (Å²) in [5.74, 6) is 0. The Balaban J connectivity index is 1.80. The van der Waals surface area contributed by atoms with Crippen LogP contribution in [0.15, 0.2) is 12.3 Å². The van der Waals surface area contributed by atoms with Crippen LogP contribution in [-0.2, 0) is 11.3 Å². The summed E-state index contributed by atoms with van der Waals surface area (Å²) >= 11 is 5.78. The van der Waals surface area contributed by atoms with E-state index < -0.39 is 5.60 Å². The van der Waals surface area contributed by atoms with Gasteiger partial charge in [0.1, 0.15) is 5.60 Å². The van der Waals surface area contributed by atoms with E-state index in [1.165, 1.54) is 0 Å². The molecule has 2 rings (SSSR count). The summed E-state index contributed by atoms with van der Waals surface area (Å²) in [6.07, 6.45) is 2.19. The molecular formula is C14H21ClN4O2. The van der Waals surface area contributed by atoms with Crippen molar-refractivity contribution in [2.24, 2.45) is 0 Å². The standard InChI is InChI=1S/C14H21ClN4O2/c1-14(2,3)21-13(20)18-11-5-7-19(9-11)8-10-4-6-16-12(15)17-10/h4,6,11H,5,7-9H2,1-3H3,(H,18,20)/t11-/m0/s1. The predicted octanol–water partition coefficient (Wildman–Crippen LogP) is 2.23. The molecule has 0 unspecified atom stereocenters. The molecule has 21 heavy (non-hydrogen) atoms. The monoisotopic (exact) mass is 312 g/mol. The number of carbonyl (C=O) groups excluding carboxylic acids is 1. The highest BCUT2D eigenvalue weighted by atomic mass is 35.5. The first-order valence-electron chi connectivity index (χ1n) is 7.01. The maximum absolute atomic E-state index is 11.7. The van der Waals surface area contributed by atoms with Crippen molar-refractivity contribution in [1.82, 2.24) is 20.2 Å². The topological polar surface area (TPSA) is 67.3 Å². The molecule has 0 spiro atoms. The first-order chi connectivity index (χ1) is 9.82. The number of halogens is 1. The SMILES string of the molecule is CC(C)(C)OC(=O)N[C@H]1CCN(Cc2ccnc(Cl)n2)C1. The van der Waals surface area contributed by atoms with Crippen molar-refractivity contribution in [3.05, 3.63) is 23.2 Å². The lowest BCUT2D eigenvalue weighted by atomic mass is 10.2. The highest BCUT2D eigenvalue weighted by molar-refractivity contribution is 6.28. The minimum atomic E-state index is -0.472. The molecule has 0 bridgehead atoms. The van der Waals surface area contributed by atoms with E-state index in [1.54, 1.807) is 6.20 Å². The molecule has 7 heteroatoms. The molecule has 1 aliphatic heterocycles. The molecule has 1 fully saturated rings. The first kappa shape index (κ1) is 16.0. The van der Waals surface area contributed by atoms with Crippen molar-refractivity contribution in [3.8, 4) is 0 Å². The van der Waals surface area contributed by atoms with Crippen molar-refractivity contribution in [2.45, 2.75) is 45.4 Å². The van der Waals surface area contributed by atoms with Crippen LogP contribution in [0.1, 0.15) is 32.9 Å². The van der Waals surface area contributed by atoms with E-state index in [9.17, 15) is 4.79 Å². The Labute approximate surface area is 129 Å². The van der Waals surface area contributed by atoms with E-state index in [0.717, 1.165) is 25.2 Å². The second-order valence-electron chi connectivity index (χ2n) is 6.18. The molecule has 1 atom stereocenters. The Morgan fingerprint density at radius 1 is 1.57 bits per heavy atom. The molecular weight excluding hydrogens is 292 g/mol. The quantitative estimate of drug-likeness (QED) is 0.867. The second kappa shape index (κ2) is 6.58. The van der Waals surface area contributed by atoms with Gasteiger partial charge in [0.15, 0.2) is 0 Å². The predicted molar refractivity (Wildman–Crippen MR) is 80.1 cm³/mol. The molecule has 1 N–H and O–H groups in total. The summed E-state index contributed by atoms with van der Waals surface area (Å²) in [4.78, 5) is 22.0. The van der Waals surface area contributed by atoms with Crippen LogP contribution in [-0.4, -0.2) is 45.7 Å². The number of ether oxygens (including phenoxy) is 1. The molecule has 116 valence electrons. The maximum atomic E-state index is 11.7.